The van der Waals surface area contributed by atoms with Crippen LogP contribution in [0.25, 0.3) is 11.5 Å². The van der Waals surface area contributed by atoms with Crippen molar-refractivity contribution in [2.24, 2.45) is 14.1 Å². The first-order chi connectivity index (χ1) is 8.21. The van der Waals surface area contributed by atoms with Gasteiger partial charge >= 0.3 is 5.69 Å². The molecule has 0 N–H and O–H groups in total. The highest BCUT2D eigenvalue weighted by Crippen LogP contribution is 2.19. The minimum Gasteiger partial charge on any atom is -0.267 e. The van der Waals surface area contributed by atoms with Crippen LogP contribution in [0.4, 0.5) is 0 Å². The quantitative estimate of drug-likeness (QED) is 0.638. The Morgan fingerprint density at radius 3 is 2.22 bits per heavy atom. The molecule has 2 heterocycles. The lowest BCUT2D eigenvalue weighted by molar-refractivity contribution is 0.506. The van der Waals surface area contributed by atoms with E-state index in [4.69, 9.17) is 0 Å². The van der Waals surface area contributed by atoms with Crippen LogP contribution in [-0.4, -0.2) is 24.3 Å². The van der Waals surface area contributed by atoms with Gasteiger partial charge in [-0.05, 0) is 0 Å². The Kier molecular flexibility index (Phi) is 2.57. The molecular weight excluding hydrogens is 234 g/mol. The van der Waals surface area contributed by atoms with Crippen molar-refractivity contribution in [1.82, 2.24) is 24.3 Å². The van der Waals surface area contributed by atoms with Crippen LogP contribution >= 0.6 is 0 Å². The Morgan fingerprint density at radius 1 is 1.06 bits per heavy atom. The van der Waals surface area contributed by atoms with Gasteiger partial charge in [0.25, 0.3) is 5.56 Å². The van der Waals surface area contributed by atoms with Gasteiger partial charge in [-0.2, -0.15) is 10.1 Å². The van der Waals surface area contributed by atoms with Crippen molar-refractivity contribution in [3.05, 3.63) is 26.7 Å². The highest BCUT2D eigenvalue weighted by atomic mass is 16.2. The van der Waals surface area contributed by atoms with Crippen LogP contribution < -0.4 is 11.2 Å². The van der Waals surface area contributed by atoms with E-state index >= 15 is 0 Å². The summed E-state index contributed by atoms with van der Waals surface area (Å²) < 4.78 is 2.37. The third kappa shape index (κ3) is 1.81. The van der Waals surface area contributed by atoms with Crippen molar-refractivity contribution >= 4 is 0 Å². The van der Waals surface area contributed by atoms with Gasteiger partial charge in [-0.25, -0.2) is 14.5 Å². The number of aryl methyl sites for hydroxylation is 1. The molecule has 2 aliphatic rings. The first-order valence-corrected chi connectivity index (χ1v) is 5.54. The molecule has 7 heteroatoms. The number of hydrogen-bond acceptors (Lipinski definition) is 5. The summed E-state index contributed by atoms with van der Waals surface area (Å²) in [5.74, 6) is 0.742. The minimum atomic E-state index is -0.602. The maximum atomic E-state index is 12.0. The van der Waals surface area contributed by atoms with Gasteiger partial charge in [0.2, 0.25) is 0 Å². The highest BCUT2D eigenvalue weighted by Gasteiger charge is 2.24. The summed E-state index contributed by atoms with van der Waals surface area (Å²) in [5, 5.41) is 4.24. The molecule has 0 aromatic heterocycles. The maximum absolute atomic E-state index is 12.0. The van der Waals surface area contributed by atoms with Gasteiger partial charge in [-0.15, -0.1) is 0 Å². The predicted molar refractivity (Wildman–Crippen MR) is 65.6 cm³/mol. The molecular formula is C11H15N5O2. The molecule has 0 fully saturated rings. The van der Waals surface area contributed by atoms with Crippen molar-refractivity contribution in [3.63, 3.8) is 0 Å². The summed E-state index contributed by atoms with van der Waals surface area (Å²) in [6.07, 6.45) is 0. The minimum absolute atomic E-state index is 0.166. The van der Waals surface area contributed by atoms with E-state index in [0.717, 1.165) is 4.57 Å². The molecule has 0 aromatic carbocycles. The zero-order valence-corrected chi connectivity index (χ0v) is 11.1. The molecule has 2 rings (SSSR count). The molecule has 96 valence electrons. The number of rotatable bonds is 0. The Balaban J connectivity index is 2.93. The van der Waals surface area contributed by atoms with Crippen LogP contribution in [-0.2, 0) is 19.5 Å². The average Bonchev–Trinajstić information content (AvgIpc) is 2.26. The lowest BCUT2D eigenvalue weighted by Gasteiger charge is -2.19. The predicted octanol–water partition coefficient (Wildman–Crippen LogP) is -0.329. The zero-order chi connectivity index (χ0) is 13.7. The molecule has 0 bridgehead atoms. The van der Waals surface area contributed by atoms with Gasteiger partial charge in [0, 0.05) is 19.5 Å². The van der Waals surface area contributed by atoms with Gasteiger partial charge < -0.3 is 0 Å². The second kappa shape index (κ2) is 3.72. The fourth-order valence-corrected chi connectivity index (χ4v) is 1.52. The molecule has 0 unspecified atom stereocenters. The second-order valence-corrected chi connectivity index (χ2v) is 5.24. The van der Waals surface area contributed by atoms with Crippen LogP contribution in [0.1, 0.15) is 26.6 Å². The topological polar surface area (TPSA) is 82.7 Å². The number of fused-ring (bicyclic) bond motifs is 1. The fraction of sp³-hybridized carbons (Fsp3) is 0.545. The molecule has 0 aromatic rings. The highest BCUT2D eigenvalue weighted by molar-refractivity contribution is 5.48. The number of nitrogens with zero attached hydrogens (tertiary/aromatic N) is 5. The van der Waals surface area contributed by atoms with Crippen LogP contribution in [0.2, 0.25) is 0 Å². The molecule has 0 saturated heterocycles. The third-order valence-electron chi connectivity index (χ3n) is 2.65. The Labute approximate surface area is 103 Å². The van der Waals surface area contributed by atoms with E-state index in [1.54, 1.807) is 7.05 Å². The molecule has 0 aliphatic carbocycles. The number of aromatic nitrogens is 5. The first-order valence-electron chi connectivity index (χ1n) is 5.54. The Morgan fingerprint density at radius 2 is 1.67 bits per heavy atom. The lowest BCUT2D eigenvalue weighted by Crippen LogP contribution is -2.37. The smallest absolute Gasteiger partial charge is 0.267 e. The zero-order valence-electron chi connectivity index (χ0n) is 11.1. The SMILES string of the molecule is Cn1nc(C(C)(C)C)nc2c(=O)n(C)c(=O)nc1-2. The molecule has 0 radical (unpaired) electrons. The van der Waals surface area contributed by atoms with Crippen molar-refractivity contribution in [1.29, 1.82) is 0 Å². The summed E-state index contributed by atoms with van der Waals surface area (Å²) in [6.45, 7) is 5.86. The van der Waals surface area contributed by atoms with Gasteiger partial charge in [0.1, 0.15) is 0 Å². The van der Waals surface area contributed by atoms with E-state index in [1.807, 2.05) is 20.8 Å². The molecule has 0 saturated carbocycles. The van der Waals surface area contributed by atoms with Crippen LogP contribution in [0, 0.1) is 0 Å². The lowest BCUT2D eigenvalue weighted by atomic mass is 9.96. The maximum Gasteiger partial charge on any atom is 0.352 e. The van der Waals surface area contributed by atoms with E-state index in [2.05, 4.69) is 15.1 Å². The number of hydrogen-bond donors (Lipinski definition) is 0. The van der Waals surface area contributed by atoms with Crippen LogP contribution in [0.5, 0.6) is 0 Å². The van der Waals surface area contributed by atoms with Gasteiger partial charge in [0.15, 0.2) is 17.3 Å². The second-order valence-electron chi connectivity index (χ2n) is 5.24. The van der Waals surface area contributed by atoms with Gasteiger partial charge in [-0.1, -0.05) is 20.8 Å². The van der Waals surface area contributed by atoms with Gasteiger partial charge in [-0.3, -0.25) is 9.36 Å². The molecule has 0 atom stereocenters. The van der Waals surface area contributed by atoms with Crippen molar-refractivity contribution in [3.8, 4) is 11.5 Å². The molecule has 7 nitrogen and oxygen atoms in total. The first kappa shape index (κ1) is 12.4. The van der Waals surface area contributed by atoms with E-state index in [0.29, 0.717) is 5.82 Å². The monoisotopic (exact) mass is 249 g/mol. The Bertz CT molecular complexity index is 692. The molecule has 0 spiro atoms. The molecule has 0 amide bonds. The fourth-order valence-electron chi connectivity index (χ4n) is 1.52. The summed E-state index contributed by atoms with van der Waals surface area (Å²) in [6, 6.07) is 0. The largest absolute Gasteiger partial charge is 0.352 e. The van der Waals surface area contributed by atoms with Crippen LogP contribution in [0.15, 0.2) is 9.59 Å². The van der Waals surface area contributed by atoms with Crippen molar-refractivity contribution in [2.75, 3.05) is 0 Å². The summed E-state index contributed by atoms with van der Waals surface area (Å²) in [7, 11) is 3.03. The summed E-state index contributed by atoms with van der Waals surface area (Å²) >= 11 is 0. The Hall–Kier alpha value is -2.05. The summed E-state index contributed by atoms with van der Waals surface area (Å²) in [5.41, 5.74) is -1.17. The van der Waals surface area contributed by atoms with Gasteiger partial charge in [0.05, 0.1) is 0 Å². The standard InChI is InChI=1S/C11H15N5O2/c1-11(2,3)9-12-6-7(16(5)14-9)13-10(18)15(4)8(6)17/h1-5H3. The van der Waals surface area contributed by atoms with Crippen molar-refractivity contribution < 1.29 is 0 Å². The normalized spacial score (nSPS) is 12.1. The average molecular weight is 249 g/mol. The van der Waals surface area contributed by atoms with E-state index < -0.39 is 11.2 Å². The van der Waals surface area contributed by atoms with E-state index in [-0.39, 0.29) is 16.9 Å². The van der Waals surface area contributed by atoms with Crippen LogP contribution in [0.3, 0.4) is 0 Å². The molecule has 2 aliphatic heterocycles. The van der Waals surface area contributed by atoms with E-state index in [9.17, 15) is 9.59 Å². The molecule has 18 heavy (non-hydrogen) atoms. The summed E-state index contributed by atoms with van der Waals surface area (Å²) in [4.78, 5) is 31.5. The van der Waals surface area contributed by atoms with Crippen molar-refractivity contribution in [2.45, 2.75) is 26.2 Å². The third-order valence-corrected chi connectivity index (χ3v) is 2.65. The van der Waals surface area contributed by atoms with E-state index in [1.165, 1.54) is 11.7 Å².